The van der Waals surface area contributed by atoms with Crippen molar-refractivity contribution in [2.75, 3.05) is 26.8 Å². The van der Waals surface area contributed by atoms with Gasteiger partial charge >= 0.3 is 6.09 Å². The minimum absolute atomic E-state index is 0. The number of carbonyl (C=O) groups is 1. The Balaban J connectivity index is 0.00000225. The third-order valence-electron chi connectivity index (χ3n) is 5.59. The second-order valence-corrected chi connectivity index (χ2v) is 6.78. The van der Waals surface area contributed by atoms with Crippen LogP contribution in [0.1, 0.15) is 43.4 Å². The van der Waals surface area contributed by atoms with Gasteiger partial charge < -0.3 is 20.1 Å². The van der Waals surface area contributed by atoms with E-state index < -0.39 is 0 Å². The summed E-state index contributed by atoms with van der Waals surface area (Å²) < 4.78 is 10.7. The van der Waals surface area contributed by atoms with E-state index >= 15 is 0 Å². The molecule has 0 radical (unpaired) electrons. The van der Waals surface area contributed by atoms with Crippen LogP contribution in [0.5, 0.6) is 5.75 Å². The van der Waals surface area contributed by atoms with E-state index in [1.165, 1.54) is 11.1 Å². The molecule has 1 aliphatic heterocycles. The molecule has 5 nitrogen and oxygen atoms in total. The molecule has 1 heterocycles. The summed E-state index contributed by atoms with van der Waals surface area (Å²) in [5, 5.41) is 0. The summed E-state index contributed by atoms with van der Waals surface area (Å²) in [7, 11) is 1.71. The topological polar surface area (TPSA) is 64.8 Å². The van der Waals surface area contributed by atoms with Crippen LogP contribution in [0.2, 0.25) is 0 Å². The Bertz CT molecular complexity index is 574. The Morgan fingerprint density at radius 2 is 2.00 bits per heavy atom. The van der Waals surface area contributed by atoms with Gasteiger partial charge in [-0.15, -0.1) is 12.4 Å². The first-order valence-electron chi connectivity index (χ1n) is 8.98. The first kappa shape index (κ1) is 19.9. The maximum Gasteiger partial charge on any atom is 0.409 e. The maximum atomic E-state index is 11.9. The zero-order chi connectivity index (χ0) is 17.1. The van der Waals surface area contributed by atoms with Crippen LogP contribution in [0, 0.1) is 11.8 Å². The number of hydrogen-bond acceptors (Lipinski definition) is 4. The summed E-state index contributed by atoms with van der Waals surface area (Å²) in [4.78, 5) is 13.7. The number of ether oxygens (including phenoxy) is 2. The molecule has 2 aliphatic rings. The summed E-state index contributed by atoms with van der Waals surface area (Å²) in [5.41, 5.74) is 9.16. The number of halogens is 1. The molecule has 0 spiro atoms. The molecule has 0 aromatic heterocycles. The number of nitrogens with two attached hydrogens (primary N) is 1. The molecule has 2 atom stereocenters. The van der Waals surface area contributed by atoms with Crippen LogP contribution in [0.3, 0.4) is 0 Å². The zero-order valence-corrected chi connectivity index (χ0v) is 15.9. The lowest BCUT2D eigenvalue weighted by atomic mass is 9.70. The quantitative estimate of drug-likeness (QED) is 0.886. The molecule has 2 unspecified atom stereocenters. The summed E-state index contributed by atoms with van der Waals surface area (Å²) in [6.07, 6.45) is 3.99. The SMILES string of the molecule is CCOC(=O)N1CCC(C2CCc3cccc(OC)c3C2N)CC1.Cl. The van der Waals surface area contributed by atoms with Gasteiger partial charge in [-0.05, 0) is 56.1 Å². The van der Waals surface area contributed by atoms with Crippen molar-refractivity contribution in [1.82, 2.24) is 4.90 Å². The van der Waals surface area contributed by atoms with Gasteiger partial charge in [-0.3, -0.25) is 0 Å². The van der Waals surface area contributed by atoms with Gasteiger partial charge in [-0.1, -0.05) is 12.1 Å². The van der Waals surface area contributed by atoms with Crippen LogP contribution in [-0.4, -0.2) is 37.8 Å². The summed E-state index contributed by atoms with van der Waals surface area (Å²) >= 11 is 0. The van der Waals surface area contributed by atoms with Crippen molar-refractivity contribution in [3.63, 3.8) is 0 Å². The minimum atomic E-state index is -0.184. The molecule has 1 aromatic rings. The molecular weight excluding hydrogens is 340 g/mol. The number of nitrogens with zero attached hydrogens (tertiary/aromatic N) is 1. The van der Waals surface area contributed by atoms with Gasteiger partial charge in [-0.25, -0.2) is 4.79 Å². The fourth-order valence-electron chi connectivity index (χ4n) is 4.33. The number of methoxy groups -OCH3 is 1. The van der Waals surface area contributed by atoms with Gasteiger partial charge in [0.15, 0.2) is 0 Å². The highest BCUT2D eigenvalue weighted by molar-refractivity contribution is 5.85. The molecule has 0 saturated carbocycles. The summed E-state index contributed by atoms with van der Waals surface area (Å²) in [6, 6.07) is 6.23. The molecule has 6 heteroatoms. The standard InChI is InChI=1S/C19H28N2O3.ClH/c1-3-24-19(22)21-11-9-13(10-12-21)15-8-7-14-5-4-6-16(23-2)17(14)18(15)20;/h4-6,13,15,18H,3,7-12,20H2,1-2H3;1H. The fraction of sp³-hybridized carbons (Fsp3) is 0.632. The largest absolute Gasteiger partial charge is 0.496 e. The van der Waals surface area contributed by atoms with Gasteiger partial charge in [0.25, 0.3) is 0 Å². The molecule has 1 aliphatic carbocycles. The lowest BCUT2D eigenvalue weighted by Crippen LogP contribution is -2.43. The number of benzene rings is 1. The van der Waals surface area contributed by atoms with Crippen LogP contribution in [0.25, 0.3) is 0 Å². The number of aryl methyl sites for hydroxylation is 1. The van der Waals surface area contributed by atoms with E-state index in [9.17, 15) is 4.79 Å². The number of piperidine rings is 1. The highest BCUT2D eigenvalue weighted by atomic mass is 35.5. The Morgan fingerprint density at radius 3 is 2.64 bits per heavy atom. The number of rotatable bonds is 3. The van der Waals surface area contributed by atoms with E-state index in [1.807, 2.05) is 24.0 Å². The Labute approximate surface area is 156 Å². The zero-order valence-electron chi connectivity index (χ0n) is 15.1. The number of likely N-dealkylation sites (tertiary alicyclic amines) is 1. The normalized spacial score (nSPS) is 23.4. The predicted octanol–water partition coefficient (Wildman–Crippen LogP) is 3.55. The average molecular weight is 369 g/mol. The van der Waals surface area contributed by atoms with Crippen LogP contribution in [-0.2, 0) is 11.2 Å². The highest BCUT2D eigenvalue weighted by Gasteiger charge is 2.36. The van der Waals surface area contributed by atoms with Gasteiger partial charge in [0, 0.05) is 24.7 Å². The molecule has 2 N–H and O–H groups in total. The number of fused-ring (bicyclic) bond motifs is 1. The molecule has 1 saturated heterocycles. The van der Waals surface area contributed by atoms with Crippen molar-refractivity contribution < 1.29 is 14.3 Å². The smallest absolute Gasteiger partial charge is 0.409 e. The third kappa shape index (κ3) is 4.04. The molecule has 0 bridgehead atoms. The fourth-order valence-corrected chi connectivity index (χ4v) is 4.33. The molecule has 140 valence electrons. The monoisotopic (exact) mass is 368 g/mol. The van der Waals surface area contributed by atoms with Crippen molar-refractivity contribution in [1.29, 1.82) is 0 Å². The Kier molecular flexibility index (Phi) is 6.96. The van der Waals surface area contributed by atoms with Gasteiger partial charge in [-0.2, -0.15) is 0 Å². The van der Waals surface area contributed by atoms with Crippen molar-refractivity contribution in [3.05, 3.63) is 29.3 Å². The number of hydrogen-bond donors (Lipinski definition) is 1. The first-order chi connectivity index (χ1) is 11.7. The second-order valence-electron chi connectivity index (χ2n) is 6.78. The van der Waals surface area contributed by atoms with Crippen LogP contribution >= 0.6 is 12.4 Å². The van der Waals surface area contributed by atoms with Crippen molar-refractivity contribution in [2.24, 2.45) is 17.6 Å². The lowest BCUT2D eigenvalue weighted by Gasteiger charge is -2.41. The van der Waals surface area contributed by atoms with Crippen molar-refractivity contribution in [2.45, 2.75) is 38.6 Å². The molecular formula is C19H29ClN2O3. The summed E-state index contributed by atoms with van der Waals surface area (Å²) in [6.45, 7) is 3.82. The molecule has 1 fully saturated rings. The van der Waals surface area contributed by atoms with E-state index in [0.29, 0.717) is 18.4 Å². The molecule has 25 heavy (non-hydrogen) atoms. The minimum Gasteiger partial charge on any atom is -0.496 e. The molecule has 1 aromatic carbocycles. The van der Waals surface area contributed by atoms with Crippen LogP contribution < -0.4 is 10.5 Å². The Morgan fingerprint density at radius 1 is 1.28 bits per heavy atom. The van der Waals surface area contributed by atoms with E-state index in [1.54, 1.807) is 7.11 Å². The first-order valence-corrected chi connectivity index (χ1v) is 8.98. The van der Waals surface area contributed by atoms with E-state index in [0.717, 1.165) is 44.5 Å². The van der Waals surface area contributed by atoms with E-state index in [4.69, 9.17) is 15.2 Å². The highest BCUT2D eigenvalue weighted by Crippen LogP contribution is 2.44. The van der Waals surface area contributed by atoms with Gasteiger partial charge in [0.1, 0.15) is 5.75 Å². The van der Waals surface area contributed by atoms with Crippen LogP contribution in [0.4, 0.5) is 4.79 Å². The van der Waals surface area contributed by atoms with Crippen LogP contribution in [0.15, 0.2) is 18.2 Å². The van der Waals surface area contributed by atoms with Crippen molar-refractivity contribution >= 4 is 18.5 Å². The summed E-state index contributed by atoms with van der Waals surface area (Å²) in [5.74, 6) is 1.93. The molecule has 3 rings (SSSR count). The van der Waals surface area contributed by atoms with E-state index in [-0.39, 0.29) is 24.5 Å². The van der Waals surface area contributed by atoms with Crippen molar-refractivity contribution in [3.8, 4) is 5.75 Å². The van der Waals surface area contributed by atoms with Gasteiger partial charge in [0.05, 0.1) is 13.7 Å². The average Bonchev–Trinajstić information content (AvgIpc) is 2.62. The second kappa shape index (κ2) is 8.77. The maximum absolute atomic E-state index is 11.9. The lowest BCUT2D eigenvalue weighted by molar-refractivity contribution is 0.0789. The molecule has 1 amide bonds. The number of carbonyl (C=O) groups excluding carboxylic acids is 1. The predicted molar refractivity (Wildman–Crippen MR) is 100 cm³/mol. The van der Waals surface area contributed by atoms with E-state index in [2.05, 4.69) is 6.07 Å². The number of amides is 1. The third-order valence-corrected chi connectivity index (χ3v) is 5.59. The van der Waals surface area contributed by atoms with Gasteiger partial charge in [0.2, 0.25) is 0 Å². The Hall–Kier alpha value is -1.46.